The first kappa shape index (κ1) is 21.9. The molecule has 6 nitrogen and oxygen atoms in total. The summed E-state index contributed by atoms with van der Waals surface area (Å²) < 4.78 is 51.0. The van der Waals surface area contributed by atoms with Gasteiger partial charge in [-0.25, -0.2) is 0 Å². The normalized spacial score (nSPS) is 11.2. The van der Waals surface area contributed by atoms with E-state index in [0.29, 0.717) is 5.75 Å². The number of amides is 2. The standard InChI is InChI=1S/C24H17F3N2O4/c25-24(26,27)20-12-18(28-23(31)17-9-10-32-13-17)6-8-21(20)29-22(30)14-33-19-7-5-15-3-1-2-4-16(15)11-19/h1-13H,14H2,(H,28,31)(H,29,30). The maximum absolute atomic E-state index is 13.6. The van der Waals surface area contributed by atoms with Gasteiger partial charge < -0.3 is 19.8 Å². The molecule has 0 aliphatic rings. The number of nitrogens with one attached hydrogen (secondary N) is 2. The number of carbonyl (C=O) groups is 2. The highest BCUT2D eigenvalue weighted by Crippen LogP contribution is 2.36. The summed E-state index contributed by atoms with van der Waals surface area (Å²) in [7, 11) is 0. The van der Waals surface area contributed by atoms with Gasteiger partial charge in [-0.3, -0.25) is 9.59 Å². The molecule has 1 aromatic heterocycles. The van der Waals surface area contributed by atoms with E-state index in [0.717, 1.165) is 22.9 Å². The van der Waals surface area contributed by atoms with Crippen LogP contribution in [0, 0.1) is 0 Å². The fourth-order valence-corrected chi connectivity index (χ4v) is 3.15. The van der Waals surface area contributed by atoms with Crippen molar-refractivity contribution in [1.29, 1.82) is 0 Å². The molecule has 3 aromatic carbocycles. The van der Waals surface area contributed by atoms with Crippen molar-refractivity contribution in [3.63, 3.8) is 0 Å². The quantitative estimate of drug-likeness (QED) is 0.390. The summed E-state index contributed by atoms with van der Waals surface area (Å²) in [6.07, 6.45) is -2.32. The predicted molar refractivity (Wildman–Crippen MR) is 116 cm³/mol. The van der Waals surface area contributed by atoms with Gasteiger partial charge in [0.15, 0.2) is 6.61 Å². The average Bonchev–Trinajstić information content (AvgIpc) is 3.33. The molecule has 0 radical (unpaired) electrons. The fourth-order valence-electron chi connectivity index (χ4n) is 3.15. The zero-order valence-electron chi connectivity index (χ0n) is 17.0. The van der Waals surface area contributed by atoms with Gasteiger partial charge in [0.2, 0.25) is 0 Å². The number of hydrogen-bond donors (Lipinski definition) is 2. The van der Waals surface area contributed by atoms with Crippen molar-refractivity contribution in [3.05, 3.63) is 90.4 Å². The van der Waals surface area contributed by atoms with Crippen molar-refractivity contribution in [3.8, 4) is 5.75 Å². The van der Waals surface area contributed by atoms with E-state index in [1.165, 1.54) is 24.7 Å². The lowest BCUT2D eigenvalue weighted by atomic mass is 10.1. The van der Waals surface area contributed by atoms with Crippen LogP contribution in [0.15, 0.2) is 83.7 Å². The van der Waals surface area contributed by atoms with E-state index in [4.69, 9.17) is 9.15 Å². The van der Waals surface area contributed by atoms with E-state index in [1.807, 2.05) is 30.3 Å². The maximum atomic E-state index is 13.6. The Hall–Kier alpha value is -4.27. The molecular formula is C24H17F3N2O4. The predicted octanol–water partition coefficient (Wildman–Crippen LogP) is 5.72. The zero-order valence-corrected chi connectivity index (χ0v) is 17.0. The van der Waals surface area contributed by atoms with E-state index in [1.54, 1.807) is 12.1 Å². The van der Waals surface area contributed by atoms with Crippen LogP contribution in [0.25, 0.3) is 10.8 Å². The summed E-state index contributed by atoms with van der Waals surface area (Å²) in [5.74, 6) is -0.974. The molecule has 1 heterocycles. The molecule has 2 amide bonds. The van der Waals surface area contributed by atoms with Crippen molar-refractivity contribution in [2.24, 2.45) is 0 Å². The largest absolute Gasteiger partial charge is 0.484 e. The van der Waals surface area contributed by atoms with Gasteiger partial charge in [0.1, 0.15) is 12.0 Å². The van der Waals surface area contributed by atoms with E-state index >= 15 is 0 Å². The monoisotopic (exact) mass is 454 g/mol. The van der Waals surface area contributed by atoms with Crippen molar-refractivity contribution >= 4 is 34.0 Å². The van der Waals surface area contributed by atoms with Crippen molar-refractivity contribution in [2.75, 3.05) is 17.2 Å². The summed E-state index contributed by atoms with van der Waals surface area (Å²) in [5.41, 5.74) is -1.48. The summed E-state index contributed by atoms with van der Waals surface area (Å²) in [5, 5.41) is 6.48. The molecule has 0 saturated heterocycles. The fraction of sp³-hybridized carbons (Fsp3) is 0.0833. The van der Waals surface area contributed by atoms with E-state index < -0.39 is 35.8 Å². The number of ether oxygens (including phenoxy) is 1. The maximum Gasteiger partial charge on any atom is 0.418 e. The Bertz CT molecular complexity index is 1300. The minimum absolute atomic E-state index is 0.0843. The second-order valence-electron chi connectivity index (χ2n) is 7.07. The van der Waals surface area contributed by atoms with Gasteiger partial charge in [-0.2, -0.15) is 13.2 Å². The number of anilines is 2. The number of benzene rings is 3. The Kier molecular flexibility index (Phi) is 6.03. The molecule has 4 rings (SSSR count). The second-order valence-corrected chi connectivity index (χ2v) is 7.07. The van der Waals surface area contributed by atoms with Crippen LogP contribution in [-0.4, -0.2) is 18.4 Å². The molecule has 0 fully saturated rings. The third-order valence-electron chi connectivity index (χ3n) is 4.73. The van der Waals surface area contributed by atoms with Gasteiger partial charge >= 0.3 is 6.18 Å². The number of rotatable bonds is 6. The summed E-state index contributed by atoms with van der Waals surface area (Å²) in [6, 6.07) is 17.2. The lowest BCUT2D eigenvalue weighted by Crippen LogP contribution is -2.22. The number of halogens is 3. The molecule has 0 bridgehead atoms. The first-order valence-electron chi connectivity index (χ1n) is 9.76. The van der Waals surface area contributed by atoms with Crippen LogP contribution in [0.4, 0.5) is 24.5 Å². The lowest BCUT2D eigenvalue weighted by Gasteiger charge is -2.16. The van der Waals surface area contributed by atoms with E-state index in [9.17, 15) is 22.8 Å². The molecule has 0 aliphatic carbocycles. The van der Waals surface area contributed by atoms with Gasteiger partial charge in [0.25, 0.3) is 11.8 Å². The first-order valence-corrected chi connectivity index (χ1v) is 9.76. The van der Waals surface area contributed by atoms with Crippen LogP contribution in [-0.2, 0) is 11.0 Å². The van der Waals surface area contributed by atoms with E-state index in [-0.39, 0.29) is 11.3 Å². The van der Waals surface area contributed by atoms with Crippen LogP contribution in [0.5, 0.6) is 5.75 Å². The minimum atomic E-state index is -4.77. The molecule has 4 aromatic rings. The smallest absolute Gasteiger partial charge is 0.418 e. The number of carbonyl (C=O) groups excluding carboxylic acids is 2. The minimum Gasteiger partial charge on any atom is -0.484 e. The topological polar surface area (TPSA) is 80.6 Å². The third-order valence-corrected chi connectivity index (χ3v) is 4.73. The Balaban J connectivity index is 1.45. The molecule has 9 heteroatoms. The molecule has 0 aliphatic heterocycles. The highest BCUT2D eigenvalue weighted by molar-refractivity contribution is 6.04. The second kappa shape index (κ2) is 9.07. The molecule has 0 atom stereocenters. The lowest BCUT2D eigenvalue weighted by molar-refractivity contribution is -0.137. The highest BCUT2D eigenvalue weighted by Gasteiger charge is 2.34. The van der Waals surface area contributed by atoms with Crippen LogP contribution in [0.1, 0.15) is 15.9 Å². The third kappa shape index (κ3) is 5.32. The van der Waals surface area contributed by atoms with Crippen molar-refractivity contribution in [1.82, 2.24) is 0 Å². The Morgan fingerprint density at radius 3 is 2.42 bits per heavy atom. The Morgan fingerprint density at radius 1 is 0.909 bits per heavy atom. The van der Waals surface area contributed by atoms with Crippen LogP contribution >= 0.6 is 0 Å². The van der Waals surface area contributed by atoms with E-state index in [2.05, 4.69) is 10.6 Å². The molecule has 0 saturated carbocycles. The van der Waals surface area contributed by atoms with Gasteiger partial charge in [0, 0.05) is 5.69 Å². The zero-order chi connectivity index (χ0) is 23.4. The van der Waals surface area contributed by atoms with Crippen molar-refractivity contribution < 1.29 is 31.9 Å². The molecule has 2 N–H and O–H groups in total. The van der Waals surface area contributed by atoms with Gasteiger partial charge in [-0.05, 0) is 47.2 Å². The van der Waals surface area contributed by atoms with Gasteiger partial charge in [0.05, 0.1) is 23.1 Å². The number of fused-ring (bicyclic) bond motifs is 1. The molecule has 0 unspecified atom stereocenters. The SMILES string of the molecule is O=C(COc1ccc2ccccc2c1)Nc1ccc(NC(=O)c2ccoc2)cc1C(F)(F)F. The van der Waals surface area contributed by atoms with Crippen LogP contribution in [0.3, 0.4) is 0 Å². The van der Waals surface area contributed by atoms with Gasteiger partial charge in [-0.15, -0.1) is 0 Å². The van der Waals surface area contributed by atoms with Crippen LogP contribution in [0.2, 0.25) is 0 Å². The molecule has 0 spiro atoms. The molecule has 33 heavy (non-hydrogen) atoms. The molecular weight excluding hydrogens is 437 g/mol. The highest BCUT2D eigenvalue weighted by atomic mass is 19.4. The number of furan rings is 1. The molecule has 168 valence electrons. The van der Waals surface area contributed by atoms with Crippen LogP contribution < -0.4 is 15.4 Å². The summed E-state index contributed by atoms with van der Waals surface area (Å²) in [6.45, 7) is -0.478. The summed E-state index contributed by atoms with van der Waals surface area (Å²) >= 11 is 0. The van der Waals surface area contributed by atoms with Gasteiger partial charge in [-0.1, -0.05) is 30.3 Å². The average molecular weight is 454 g/mol. The first-order chi connectivity index (χ1) is 15.8. The number of hydrogen-bond acceptors (Lipinski definition) is 4. The number of alkyl halides is 3. The van der Waals surface area contributed by atoms with Crippen molar-refractivity contribution in [2.45, 2.75) is 6.18 Å². The Labute approximate surface area is 186 Å². The summed E-state index contributed by atoms with van der Waals surface area (Å²) in [4.78, 5) is 24.3. The Morgan fingerprint density at radius 2 is 1.70 bits per heavy atom.